The Balaban J connectivity index is 2.39. The third-order valence-corrected chi connectivity index (χ3v) is 3.33. The van der Waals surface area contributed by atoms with Crippen molar-refractivity contribution in [3.05, 3.63) is 46.2 Å². The monoisotopic (exact) mass is 300 g/mol. The third-order valence-electron chi connectivity index (χ3n) is 2.64. The molecule has 0 fully saturated rings. The van der Waals surface area contributed by atoms with Gasteiger partial charge >= 0.3 is 6.18 Å². The first-order valence-corrected chi connectivity index (χ1v) is 6.59. The fourth-order valence-electron chi connectivity index (χ4n) is 1.78. The third kappa shape index (κ3) is 2.93. The average molecular weight is 300 g/mol. The second kappa shape index (κ2) is 5.54. The molecule has 2 aromatic rings. The van der Waals surface area contributed by atoms with E-state index in [4.69, 9.17) is 0 Å². The normalized spacial score (nSPS) is 11.2. The van der Waals surface area contributed by atoms with Gasteiger partial charge in [0.25, 0.3) is 5.91 Å². The fourth-order valence-corrected chi connectivity index (χ4v) is 2.37. The summed E-state index contributed by atoms with van der Waals surface area (Å²) >= 11 is 1.38. The molecule has 1 amide bonds. The van der Waals surface area contributed by atoms with Gasteiger partial charge in [0.1, 0.15) is 0 Å². The highest BCUT2D eigenvalue weighted by Crippen LogP contribution is 2.36. The molecule has 1 heterocycles. The zero-order valence-corrected chi connectivity index (χ0v) is 11.2. The lowest BCUT2D eigenvalue weighted by Crippen LogP contribution is -2.17. The molecule has 0 spiro atoms. The van der Waals surface area contributed by atoms with Crippen molar-refractivity contribution in [2.75, 3.05) is 17.7 Å². The van der Waals surface area contributed by atoms with E-state index in [-0.39, 0.29) is 11.3 Å². The summed E-state index contributed by atoms with van der Waals surface area (Å²) in [6.07, 6.45) is -4.52. The molecule has 7 heteroatoms. The SMILES string of the molecule is CNc1c(C(=O)Nc2ccsc2)cccc1C(F)(F)F. The van der Waals surface area contributed by atoms with Crippen molar-refractivity contribution in [1.82, 2.24) is 0 Å². The number of carbonyl (C=O) groups excluding carboxylic acids is 1. The van der Waals surface area contributed by atoms with Crippen LogP contribution in [0.25, 0.3) is 0 Å². The molecule has 0 bridgehead atoms. The van der Waals surface area contributed by atoms with E-state index in [0.29, 0.717) is 5.69 Å². The molecule has 0 unspecified atom stereocenters. The number of thiophene rings is 1. The van der Waals surface area contributed by atoms with Crippen molar-refractivity contribution >= 4 is 28.6 Å². The van der Waals surface area contributed by atoms with Crippen LogP contribution in [0.15, 0.2) is 35.0 Å². The van der Waals surface area contributed by atoms with Gasteiger partial charge in [-0.25, -0.2) is 0 Å². The molecule has 2 N–H and O–H groups in total. The Bertz CT molecular complexity index is 609. The minimum atomic E-state index is -4.52. The molecule has 0 aliphatic carbocycles. The van der Waals surface area contributed by atoms with Crippen molar-refractivity contribution in [1.29, 1.82) is 0 Å². The summed E-state index contributed by atoms with van der Waals surface area (Å²) in [7, 11) is 1.35. The number of hydrogen-bond acceptors (Lipinski definition) is 3. The largest absolute Gasteiger partial charge is 0.418 e. The standard InChI is InChI=1S/C13H11F3N2OS/c1-17-11-9(3-2-4-10(11)13(14,15)16)12(19)18-8-5-6-20-7-8/h2-7,17H,1H3,(H,18,19). The zero-order valence-electron chi connectivity index (χ0n) is 10.4. The number of halogens is 3. The predicted octanol–water partition coefficient (Wildman–Crippen LogP) is 4.06. The van der Waals surface area contributed by atoms with Gasteiger partial charge in [-0.15, -0.1) is 0 Å². The number of carbonyl (C=O) groups is 1. The van der Waals surface area contributed by atoms with E-state index in [1.165, 1.54) is 30.5 Å². The summed E-state index contributed by atoms with van der Waals surface area (Å²) in [5.74, 6) is -0.584. The number of para-hydroxylation sites is 1. The van der Waals surface area contributed by atoms with E-state index < -0.39 is 17.6 Å². The van der Waals surface area contributed by atoms with E-state index in [2.05, 4.69) is 10.6 Å². The molecule has 1 aromatic carbocycles. The lowest BCUT2D eigenvalue weighted by atomic mass is 10.1. The van der Waals surface area contributed by atoms with Crippen LogP contribution >= 0.6 is 11.3 Å². The molecule has 0 saturated heterocycles. The number of rotatable bonds is 3. The van der Waals surface area contributed by atoms with E-state index >= 15 is 0 Å². The van der Waals surface area contributed by atoms with Gasteiger partial charge in [0, 0.05) is 12.4 Å². The first-order valence-electron chi connectivity index (χ1n) is 5.65. The molecule has 0 radical (unpaired) electrons. The van der Waals surface area contributed by atoms with Crippen molar-refractivity contribution in [2.45, 2.75) is 6.18 Å². The summed E-state index contributed by atoms with van der Waals surface area (Å²) in [6.45, 7) is 0. The van der Waals surface area contributed by atoms with E-state index in [1.807, 2.05) is 0 Å². The Hall–Kier alpha value is -2.02. The highest BCUT2D eigenvalue weighted by Gasteiger charge is 2.34. The molecule has 20 heavy (non-hydrogen) atoms. The van der Waals surface area contributed by atoms with Gasteiger partial charge in [-0.2, -0.15) is 24.5 Å². The second-order valence-corrected chi connectivity index (χ2v) is 4.72. The van der Waals surface area contributed by atoms with Crippen molar-refractivity contribution in [3.63, 3.8) is 0 Å². The van der Waals surface area contributed by atoms with Crippen LogP contribution in [0, 0.1) is 0 Å². The maximum absolute atomic E-state index is 12.9. The Labute approximate surface area is 117 Å². The van der Waals surface area contributed by atoms with Gasteiger partial charge in [0.2, 0.25) is 0 Å². The topological polar surface area (TPSA) is 41.1 Å². The summed E-state index contributed by atoms with van der Waals surface area (Å²) in [5.41, 5.74) is -0.585. The lowest BCUT2D eigenvalue weighted by molar-refractivity contribution is -0.136. The Morgan fingerprint density at radius 3 is 2.55 bits per heavy atom. The van der Waals surface area contributed by atoms with Crippen molar-refractivity contribution < 1.29 is 18.0 Å². The summed E-state index contributed by atoms with van der Waals surface area (Å²) in [6, 6.07) is 5.18. The fraction of sp³-hybridized carbons (Fsp3) is 0.154. The second-order valence-electron chi connectivity index (χ2n) is 3.94. The van der Waals surface area contributed by atoms with Gasteiger partial charge in [0.15, 0.2) is 0 Å². The van der Waals surface area contributed by atoms with Crippen molar-refractivity contribution in [3.8, 4) is 0 Å². The van der Waals surface area contributed by atoms with Crippen LogP contribution in [0.4, 0.5) is 24.5 Å². The maximum Gasteiger partial charge on any atom is 0.418 e. The van der Waals surface area contributed by atoms with Gasteiger partial charge < -0.3 is 10.6 Å². The average Bonchev–Trinajstić information content (AvgIpc) is 2.89. The first-order chi connectivity index (χ1) is 9.43. The van der Waals surface area contributed by atoms with Crippen LogP contribution in [-0.4, -0.2) is 13.0 Å². The highest BCUT2D eigenvalue weighted by molar-refractivity contribution is 7.08. The number of nitrogens with one attached hydrogen (secondary N) is 2. The van der Waals surface area contributed by atoms with Crippen LogP contribution in [-0.2, 0) is 6.18 Å². The molecule has 0 atom stereocenters. The van der Waals surface area contributed by atoms with Gasteiger partial charge in [-0.1, -0.05) is 6.07 Å². The predicted molar refractivity (Wildman–Crippen MR) is 73.3 cm³/mol. The number of anilines is 2. The molecular weight excluding hydrogens is 289 g/mol. The van der Waals surface area contributed by atoms with Crippen LogP contribution in [0.1, 0.15) is 15.9 Å². The Morgan fingerprint density at radius 1 is 1.25 bits per heavy atom. The molecule has 106 valence electrons. The molecule has 0 saturated carbocycles. The van der Waals surface area contributed by atoms with Gasteiger partial charge in [0.05, 0.1) is 22.5 Å². The van der Waals surface area contributed by atoms with Crippen LogP contribution in [0.3, 0.4) is 0 Å². The van der Waals surface area contributed by atoms with Crippen LogP contribution in [0.5, 0.6) is 0 Å². The molecule has 0 aliphatic heterocycles. The van der Waals surface area contributed by atoms with Crippen LogP contribution < -0.4 is 10.6 Å². The first kappa shape index (κ1) is 14.4. The van der Waals surface area contributed by atoms with Gasteiger partial charge in [-0.3, -0.25) is 4.79 Å². The molecule has 3 nitrogen and oxygen atoms in total. The molecule has 0 aliphatic rings. The minimum absolute atomic E-state index is 0.0477. The Kier molecular flexibility index (Phi) is 3.99. The number of alkyl halides is 3. The maximum atomic E-state index is 12.9. The summed E-state index contributed by atoms with van der Waals surface area (Å²) < 4.78 is 38.7. The summed E-state index contributed by atoms with van der Waals surface area (Å²) in [5, 5.41) is 8.47. The quantitative estimate of drug-likeness (QED) is 0.897. The molecular formula is C13H11F3N2OS. The van der Waals surface area contributed by atoms with Crippen molar-refractivity contribution in [2.24, 2.45) is 0 Å². The zero-order chi connectivity index (χ0) is 14.8. The number of amides is 1. The van der Waals surface area contributed by atoms with E-state index in [1.54, 1.807) is 16.8 Å². The summed E-state index contributed by atoms with van der Waals surface area (Å²) in [4.78, 5) is 12.1. The highest BCUT2D eigenvalue weighted by atomic mass is 32.1. The molecule has 2 rings (SSSR count). The smallest absolute Gasteiger partial charge is 0.387 e. The van der Waals surface area contributed by atoms with E-state index in [0.717, 1.165) is 6.07 Å². The number of hydrogen-bond donors (Lipinski definition) is 2. The van der Waals surface area contributed by atoms with Gasteiger partial charge in [-0.05, 0) is 23.6 Å². The Morgan fingerprint density at radius 2 is 2.00 bits per heavy atom. The minimum Gasteiger partial charge on any atom is -0.387 e. The molecule has 1 aromatic heterocycles. The van der Waals surface area contributed by atoms with E-state index in [9.17, 15) is 18.0 Å². The number of benzene rings is 1. The lowest BCUT2D eigenvalue weighted by Gasteiger charge is -2.16. The van der Waals surface area contributed by atoms with Crippen LogP contribution in [0.2, 0.25) is 0 Å².